The molecule has 1 aromatic rings. The monoisotopic (exact) mass is 358 g/mol. The highest BCUT2D eigenvalue weighted by molar-refractivity contribution is 9.10. The topological polar surface area (TPSA) is 9.23 Å². The van der Waals surface area contributed by atoms with E-state index in [2.05, 4.69) is 22.9 Å². The fourth-order valence-corrected chi connectivity index (χ4v) is 3.77. The van der Waals surface area contributed by atoms with Crippen LogP contribution in [-0.4, -0.2) is 12.0 Å². The first kappa shape index (κ1) is 16.2. The minimum atomic E-state index is 0.344. The first-order chi connectivity index (χ1) is 9.69. The van der Waals surface area contributed by atoms with Crippen molar-refractivity contribution in [3.63, 3.8) is 0 Å². The number of benzene rings is 1. The third kappa shape index (κ3) is 4.96. The second-order valence-corrected chi connectivity index (χ2v) is 7.31. The molecule has 20 heavy (non-hydrogen) atoms. The van der Waals surface area contributed by atoms with Crippen molar-refractivity contribution in [2.24, 2.45) is 11.8 Å². The molecule has 3 heteroatoms. The summed E-state index contributed by atoms with van der Waals surface area (Å²) in [6, 6.07) is 8.03. The lowest BCUT2D eigenvalue weighted by Gasteiger charge is -2.33. The minimum Gasteiger partial charge on any atom is -0.494 e. The predicted octanol–water partition coefficient (Wildman–Crippen LogP) is 6.04. The molecule has 0 N–H and O–H groups in total. The average molecular weight is 360 g/mol. The lowest BCUT2D eigenvalue weighted by Crippen LogP contribution is -2.27. The Morgan fingerprint density at radius 3 is 2.65 bits per heavy atom. The van der Waals surface area contributed by atoms with Gasteiger partial charge in [0.15, 0.2) is 0 Å². The zero-order valence-electron chi connectivity index (χ0n) is 12.2. The van der Waals surface area contributed by atoms with E-state index in [0.29, 0.717) is 11.3 Å². The Balaban J connectivity index is 1.75. The van der Waals surface area contributed by atoms with Crippen LogP contribution in [0.3, 0.4) is 0 Å². The van der Waals surface area contributed by atoms with Gasteiger partial charge in [0.25, 0.3) is 0 Å². The van der Waals surface area contributed by atoms with E-state index in [4.69, 9.17) is 16.3 Å². The summed E-state index contributed by atoms with van der Waals surface area (Å²) in [6.45, 7) is 3.05. The molecule has 0 aromatic heterocycles. The van der Waals surface area contributed by atoms with Gasteiger partial charge in [0.05, 0.1) is 6.61 Å². The van der Waals surface area contributed by atoms with Crippen LogP contribution >= 0.6 is 27.5 Å². The quantitative estimate of drug-likeness (QED) is 0.562. The molecule has 112 valence electrons. The Morgan fingerprint density at radius 1 is 1.20 bits per heavy atom. The molecule has 0 heterocycles. The molecule has 1 aromatic carbocycles. The summed E-state index contributed by atoms with van der Waals surface area (Å²) in [7, 11) is 0. The summed E-state index contributed by atoms with van der Waals surface area (Å²) in [5.74, 6) is 2.45. The summed E-state index contributed by atoms with van der Waals surface area (Å²) in [6.07, 6.45) is 7.49. The molecule has 0 aliphatic heterocycles. The van der Waals surface area contributed by atoms with Crippen molar-refractivity contribution in [1.29, 1.82) is 0 Å². The van der Waals surface area contributed by atoms with Crippen LogP contribution in [0.25, 0.3) is 0 Å². The van der Waals surface area contributed by atoms with E-state index in [-0.39, 0.29) is 0 Å². The van der Waals surface area contributed by atoms with Crippen LogP contribution in [0.1, 0.15) is 45.4 Å². The van der Waals surface area contributed by atoms with Crippen molar-refractivity contribution in [2.75, 3.05) is 6.61 Å². The number of hydrogen-bond donors (Lipinski definition) is 0. The molecule has 3 atom stereocenters. The van der Waals surface area contributed by atoms with Crippen LogP contribution in [0.15, 0.2) is 28.7 Å². The molecule has 0 amide bonds. The molecule has 0 bridgehead atoms. The standard InChI is InChI=1S/C17H24BrClO/c1-2-3-13-4-9-17(19)14(12-13)10-11-20-16-7-5-15(18)6-8-16/h5-8,13-14,17H,2-4,9-12H2,1H3. The van der Waals surface area contributed by atoms with Gasteiger partial charge in [-0.25, -0.2) is 0 Å². The van der Waals surface area contributed by atoms with Gasteiger partial charge in [-0.3, -0.25) is 0 Å². The predicted molar refractivity (Wildman–Crippen MR) is 89.6 cm³/mol. The van der Waals surface area contributed by atoms with Crippen LogP contribution in [0.5, 0.6) is 5.75 Å². The van der Waals surface area contributed by atoms with E-state index in [1.807, 2.05) is 24.3 Å². The third-order valence-electron chi connectivity index (χ3n) is 4.27. The van der Waals surface area contributed by atoms with Gasteiger partial charge in [-0.2, -0.15) is 0 Å². The normalized spacial score (nSPS) is 26.4. The lowest BCUT2D eigenvalue weighted by molar-refractivity contribution is 0.208. The van der Waals surface area contributed by atoms with Gasteiger partial charge in [-0.1, -0.05) is 35.7 Å². The lowest BCUT2D eigenvalue weighted by atomic mass is 9.78. The van der Waals surface area contributed by atoms with Crippen molar-refractivity contribution in [1.82, 2.24) is 0 Å². The van der Waals surface area contributed by atoms with Crippen LogP contribution in [0.2, 0.25) is 0 Å². The van der Waals surface area contributed by atoms with Crippen LogP contribution < -0.4 is 4.74 Å². The molecule has 2 rings (SSSR count). The molecule has 1 aliphatic rings. The Bertz CT molecular complexity index is 392. The van der Waals surface area contributed by atoms with Crippen LogP contribution in [0, 0.1) is 11.8 Å². The number of ether oxygens (including phenoxy) is 1. The smallest absolute Gasteiger partial charge is 0.119 e. The van der Waals surface area contributed by atoms with Gasteiger partial charge in [0.2, 0.25) is 0 Å². The van der Waals surface area contributed by atoms with Crippen LogP contribution in [0.4, 0.5) is 0 Å². The van der Waals surface area contributed by atoms with Crippen molar-refractivity contribution < 1.29 is 4.74 Å². The highest BCUT2D eigenvalue weighted by Gasteiger charge is 2.28. The molecule has 3 unspecified atom stereocenters. The fraction of sp³-hybridized carbons (Fsp3) is 0.647. The zero-order valence-corrected chi connectivity index (χ0v) is 14.5. The molecule has 1 aliphatic carbocycles. The maximum Gasteiger partial charge on any atom is 0.119 e. The summed E-state index contributed by atoms with van der Waals surface area (Å²) < 4.78 is 6.91. The average Bonchev–Trinajstić information content (AvgIpc) is 2.45. The first-order valence-electron chi connectivity index (χ1n) is 7.71. The number of rotatable bonds is 6. The third-order valence-corrected chi connectivity index (χ3v) is 5.37. The van der Waals surface area contributed by atoms with Crippen LogP contribution in [-0.2, 0) is 0 Å². The molecule has 1 fully saturated rings. The fourth-order valence-electron chi connectivity index (χ4n) is 3.15. The first-order valence-corrected chi connectivity index (χ1v) is 8.94. The SMILES string of the molecule is CCCC1CCC(Cl)C(CCOc2ccc(Br)cc2)C1. The summed E-state index contributed by atoms with van der Waals surface area (Å²) in [5, 5.41) is 0.344. The van der Waals surface area contributed by atoms with E-state index in [1.165, 1.54) is 32.1 Å². The zero-order chi connectivity index (χ0) is 14.4. The Morgan fingerprint density at radius 2 is 1.95 bits per heavy atom. The number of alkyl halides is 1. The van der Waals surface area contributed by atoms with Gasteiger partial charge in [-0.05, 0) is 61.8 Å². The maximum atomic E-state index is 6.49. The number of hydrogen-bond acceptors (Lipinski definition) is 1. The Hall–Kier alpha value is -0.210. The van der Waals surface area contributed by atoms with E-state index < -0.39 is 0 Å². The second-order valence-electron chi connectivity index (χ2n) is 5.83. The minimum absolute atomic E-state index is 0.344. The van der Waals surface area contributed by atoms with Gasteiger partial charge in [-0.15, -0.1) is 11.6 Å². The molecule has 1 saturated carbocycles. The Labute approximate surface area is 136 Å². The highest BCUT2D eigenvalue weighted by atomic mass is 79.9. The molecular weight excluding hydrogens is 336 g/mol. The van der Waals surface area contributed by atoms with Gasteiger partial charge in [0.1, 0.15) is 5.75 Å². The molecule has 0 saturated heterocycles. The molecular formula is C17H24BrClO. The van der Waals surface area contributed by atoms with E-state index in [1.54, 1.807) is 0 Å². The maximum absolute atomic E-state index is 6.49. The molecule has 0 spiro atoms. The molecule has 1 nitrogen and oxygen atoms in total. The van der Waals surface area contributed by atoms with E-state index in [0.717, 1.165) is 29.2 Å². The highest BCUT2D eigenvalue weighted by Crippen LogP contribution is 2.36. The second kappa shape index (κ2) is 8.29. The van der Waals surface area contributed by atoms with Gasteiger partial charge >= 0.3 is 0 Å². The van der Waals surface area contributed by atoms with E-state index >= 15 is 0 Å². The Kier molecular flexibility index (Phi) is 6.70. The largest absolute Gasteiger partial charge is 0.494 e. The number of halogens is 2. The van der Waals surface area contributed by atoms with E-state index in [9.17, 15) is 0 Å². The van der Waals surface area contributed by atoms with Crippen molar-refractivity contribution >= 4 is 27.5 Å². The summed E-state index contributed by atoms with van der Waals surface area (Å²) in [5.41, 5.74) is 0. The summed E-state index contributed by atoms with van der Waals surface area (Å²) in [4.78, 5) is 0. The summed E-state index contributed by atoms with van der Waals surface area (Å²) >= 11 is 9.92. The van der Waals surface area contributed by atoms with Crippen molar-refractivity contribution in [3.05, 3.63) is 28.7 Å². The van der Waals surface area contributed by atoms with Gasteiger partial charge in [0, 0.05) is 9.85 Å². The van der Waals surface area contributed by atoms with Crippen molar-refractivity contribution in [3.8, 4) is 5.75 Å². The van der Waals surface area contributed by atoms with Crippen molar-refractivity contribution in [2.45, 2.75) is 50.8 Å². The molecule has 0 radical (unpaired) electrons. The van der Waals surface area contributed by atoms with Gasteiger partial charge < -0.3 is 4.74 Å².